The van der Waals surface area contributed by atoms with E-state index in [9.17, 15) is 4.79 Å². The lowest BCUT2D eigenvalue weighted by Crippen LogP contribution is -2.24. The summed E-state index contributed by atoms with van der Waals surface area (Å²) in [5, 5.41) is 0. The van der Waals surface area contributed by atoms with Gasteiger partial charge in [0.05, 0.1) is 0 Å². The first-order valence-corrected chi connectivity index (χ1v) is 4.78. The molecule has 0 amide bonds. The first-order valence-electron chi connectivity index (χ1n) is 4.78. The third-order valence-corrected chi connectivity index (χ3v) is 2.37. The first-order chi connectivity index (χ1) is 6.29. The standard InChI is InChI=1S/C11H16O2/c1-3-4-5-6-10(12)11(13-2)9-7-8-9/h1,9,11H,4-8H2,2H3. The fourth-order valence-corrected chi connectivity index (χ4v) is 1.49. The SMILES string of the molecule is C#CCCCC(=O)C(OC)C1CC1. The maximum absolute atomic E-state index is 11.5. The van der Waals surface area contributed by atoms with Crippen molar-refractivity contribution in [3.8, 4) is 12.3 Å². The maximum atomic E-state index is 11.5. The molecule has 0 N–H and O–H groups in total. The van der Waals surface area contributed by atoms with Gasteiger partial charge in [-0.2, -0.15) is 0 Å². The van der Waals surface area contributed by atoms with Gasteiger partial charge in [0, 0.05) is 20.0 Å². The number of unbranched alkanes of at least 4 members (excludes halogenated alkanes) is 1. The minimum atomic E-state index is -0.155. The van der Waals surface area contributed by atoms with Gasteiger partial charge >= 0.3 is 0 Å². The predicted molar refractivity (Wildman–Crippen MR) is 51.2 cm³/mol. The van der Waals surface area contributed by atoms with Gasteiger partial charge in [0.2, 0.25) is 0 Å². The van der Waals surface area contributed by atoms with Crippen LogP contribution in [-0.2, 0) is 9.53 Å². The summed E-state index contributed by atoms with van der Waals surface area (Å²) in [5.74, 6) is 3.24. The molecule has 13 heavy (non-hydrogen) atoms. The highest BCUT2D eigenvalue weighted by atomic mass is 16.5. The number of ether oxygens (including phenoxy) is 1. The van der Waals surface area contributed by atoms with E-state index in [1.54, 1.807) is 7.11 Å². The number of carbonyl (C=O) groups is 1. The molecule has 0 saturated heterocycles. The molecule has 0 spiro atoms. The second-order valence-electron chi connectivity index (χ2n) is 3.52. The highest BCUT2D eigenvalue weighted by molar-refractivity contribution is 5.83. The Hall–Kier alpha value is -0.810. The zero-order chi connectivity index (χ0) is 9.68. The third kappa shape index (κ3) is 3.20. The third-order valence-electron chi connectivity index (χ3n) is 2.37. The van der Waals surface area contributed by atoms with Gasteiger partial charge in [-0.05, 0) is 25.2 Å². The van der Waals surface area contributed by atoms with Crippen LogP contribution in [0.25, 0.3) is 0 Å². The molecule has 1 unspecified atom stereocenters. The van der Waals surface area contributed by atoms with Crippen molar-refractivity contribution >= 4 is 5.78 Å². The molecule has 1 aliphatic carbocycles. The van der Waals surface area contributed by atoms with Gasteiger partial charge in [-0.15, -0.1) is 12.3 Å². The van der Waals surface area contributed by atoms with Crippen molar-refractivity contribution in [1.29, 1.82) is 0 Å². The molecule has 1 saturated carbocycles. The molecule has 1 rings (SSSR count). The largest absolute Gasteiger partial charge is 0.373 e. The van der Waals surface area contributed by atoms with Crippen molar-refractivity contribution in [3.63, 3.8) is 0 Å². The van der Waals surface area contributed by atoms with Crippen molar-refractivity contribution < 1.29 is 9.53 Å². The Kier molecular flexibility index (Phi) is 3.98. The average Bonchev–Trinajstić information content (AvgIpc) is 2.90. The number of Topliss-reactive ketones (excluding diaryl/α,β-unsaturated/α-hetero) is 1. The zero-order valence-electron chi connectivity index (χ0n) is 8.08. The molecular formula is C11H16O2. The molecule has 2 heteroatoms. The monoisotopic (exact) mass is 180 g/mol. The van der Waals surface area contributed by atoms with Crippen molar-refractivity contribution in [2.75, 3.05) is 7.11 Å². The Bertz CT molecular complexity index is 211. The lowest BCUT2D eigenvalue weighted by molar-refractivity contribution is -0.130. The molecule has 1 fully saturated rings. The lowest BCUT2D eigenvalue weighted by atomic mass is 10.1. The summed E-state index contributed by atoms with van der Waals surface area (Å²) in [4.78, 5) is 11.5. The quantitative estimate of drug-likeness (QED) is 0.460. The van der Waals surface area contributed by atoms with Crippen LogP contribution in [0.4, 0.5) is 0 Å². The van der Waals surface area contributed by atoms with Crippen LogP contribution in [0.2, 0.25) is 0 Å². The highest BCUT2D eigenvalue weighted by Crippen LogP contribution is 2.35. The van der Waals surface area contributed by atoms with Crippen LogP contribution in [0.5, 0.6) is 0 Å². The lowest BCUT2D eigenvalue weighted by Gasteiger charge is -2.12. The van der Waals surface area contributed by atoms with Crippen molar-refractivity contribution in [2.24, 2.45) is 5.92 Å². The molecule has 0 bridgehead atoms. The molecule has 0 aromatic heterocycles. The maximum Gasteiger partial charge on any atom is 0.161 e. The Morgan fingerprint density at radius 3 is 2.85 bits per heavy atom. The van der Waals surface area contributed by atoms with Crippen LogP contribution in [-0.4, -0.2) is 19.0 Å². The molecule has 1 aliphatic rings. The number of carbonyl (C=O) groups excluding carboxylic acids is 1. The van der Waals surface area contributed by atoms with Crippen LogP contribution in [0.15, 0.2) is 0 Å². The van der Waals surface area contributed by atoms with Crippen molar-refractivity contribution in [2.45, 2.75) is 38.2 Å². The average molecular weight is 180 g/mol. The second-order valence-corrected chi connectivity index (χ2v) is 3.52. The second kappa shape index (κ2) is 5.04. The molecule has 1 atom stereocenters. The molecule has 0 radical (unpaired) electrons. The van der Waals surface area contributed by atoms with Gasteiger partial charge in [-0.25, -0.2) is 0 Å². The molecule has 72 valence electrons. The van der Waals surface area contributed by atoms with E-state index < -0.39 is 0 Å². The van der Waals surface area contributed by atoms with Gasteiger partial charge in [0.25, 0.3) is 0 Å². The van der Waals surface area contributed by atoms with E-state index in [2.05, 4.69) is 5.92 Å². The van der Waals surface area contributed by atoms with Gasteiger partial charge in [0.15, 0.2) is 5.78 Å². The van der Waals surface area contributed by atoms with E-state index in [1.807, 2.05) is 0 Å². The summed E-state index contributed by atoms with van der Waals surface area (Å²) < 4.78 is 5.17. The van der Waals surface area contributed by atoms with E-state index in [0.717, 1.165) is 19.3 Å². The van der Waals surface area contributed by atoms with Gasteiger partial charge in [-0.1, -0.05) is 0 Å². The summed E-state index contributed by atoms with van der Waals surface area (Å²) >= 11 is 0. The summed E-state index contributed by atoms with van der Waals surface area (Å²) in [7, 11) is 1.61. The number of methoxy groups -OCH3 is 1. The smallest absolute Gasteiger partial charge is 0.161 e. The summed E-state index contributed by atoms with van der Waals surface area (Å²) in [6.45, 7) is 0. The topological polar surface area (TPSA) is 26.3 Å². The van der Waals surface area contributed by atoms with Crippen molar-refractivity contribution in [3.05, 3.63) is 0 Å². The molecule has 0 aliphatic heterocycles. The first kappa shape index (κ1) is 10.3. The normalized spacial score (nSPS) is 17.8. The molecular weight excluding hydrogens is 164 g/mol. The number of terminal acetylenes is 1. The highest BCUT2D eigenvalue weighted by Gasteiger charge is 2.35. The van der Waals surface area contributed by atoms with Crippen LogP contribution < -0.4 is 0 Å². The van der Waals surface area contributed by atoms with Gasteiger partial charge in [0.1, 0.15) is 6.10 Å². The number of ketones is 1. The van der Waals surface area contributed by atoms with Crippen LogP contribution in [0.1, 0.15) is 32.1 Å². The number of rotatable bonds is 6. The summed E-state index contributed by atoms with van der Waals surface area (Å²) in [6.07, 6.45) is 9.27. The molecule has 0 aromatic carbocycles. The van der Waals surface area contributed by atoms with Gasteiger partial charge in [-0.3, -0.25) is 4.79 Å². The van der Waals surface area contributed by atoms with Crippen LogP contribution in [0.3, 0.4) is 0 Å². The number of hydrogen-bond donors (Lipinski definition) is 0. The fraction of sp³-hybridized carbons (Fsp3) is 0.727. The summed E-state index contributed by atoms with van der Waals surface area (Å²) in [6, 6.07) is 0. The Morgan fingerprint density at radius 1 is 1.69 bits per heavy atom. The van der Waals surface area contributed by atoms with E-state index in [4.69, 9.17) is 11.2 Å². The molecule has 0 heterocycles. The van der Waals surface area contributed by atoms with Crippen LogP contribution in [0, 0.1) is 18.3 Å². The number of hydrogen-bond acceptors (Lipinski definition) is 2. The minimum absolute atomic E-state index is 0.155. The van der Waals surface area contributed by atoms with E-state index >= 15 is 0 Å². The Balaban J connectivity index is 2.23. The predicted octanol–water partition coefficient (Wildman–Crippen LogP) is 1.78. The minimum Gasteiger partial charge on any atom is -0.373 e. The Labute approximate surface area is 79.7 Å². The van der Waals surface area contributed by atoms with Crippen molar-refractivity contribution in [1.82, 2.24) is 0 Å². The van der Waals surface area contributed by atoms with Gasteiger partial charge < -0.3 is 4.74 Å². The zero-order valence-corrected chi connectivity index (χ0v) is 8.08. The Morgan fingerprint density at radius 2 is 2.38 bits per heavy atom. The van der Waals surface area contributed by atoms with E-state index in [1.165, 1.54) is 0 Å². The molecule has 0 aromatic rings. The summed E-state index contributed by atoms with van der Waals surface area (Å²) in [5.41, 5.74) is 0. The van der Waals surface area contributed by atoms with E-state index in [0.29, 0.717) is 18.8 Å². The molecule has 2 nitrogen and oxygen atoms in total. The van der Waals surface area contributed by atoms with Crippen LogP contribution >= 0.6 is 0 Å². The fourth-order valence-electron chi connectivity index (χ4n) is 1.49. The van der Waals surface area contributed by atoms with E-state index in [-0.39, 0.29) is 11.9 Å².